The number of nitrogens with one attached hydrogen (secondary N) is 2. The summed E-state index contributed by atoms with van der Waals surface area (Å²) in [5, 5.41) is 10.7. The molecule has 4 aromatic rings. The molecule has 4 N–H and O–H groups in total. The molecule has 3 heterocycles. The van der Waals surface area contributed by atoms with E-state index < -0.39 is 11.9 Å². The monoisotopic (exact) mass is 507 g/mol. The van der Waals surface area contributed by atoms with Crippen molar-refractivity contribution in [3.05, 3.63) is 81.9 Å². The number of fused-ring (bicyclic) bond motifs is 2. The first-order valence-electron chi connectivity index (χ1n) is 12.4. The van der Waals surface area contributed by atoms with Crippen LogP contribution in [0.5, 0.6) is 0 Å². The van der Waals surface area contributed by atoms with Crippen LogP contribution in [0, 0.1) is 17.3 Å². The van der Waals surface area contributed by atoms with Gasteiger partial charge in [-0.25, -0.2) is 9.67 Å². The molecule has 2 aromatic carbocycles. The summed E-state index contributed by atoms with van der Waals surface area (Å²) in [5.41, 5.74) is 7.59. The second-order valence-electron chi connectivity index (χ2n) is 10.2. The number of rotatable bonds is 4. The highest BCUT2D eigenvalue weighted by molar-refractivity contribution is 6.04. The maximum Gasteiger partial charge on any atom is 0.267 e. The van der Waals surface area contributed by atoms with Crippen LogP contribution in [-0.2, 0) is 0 Å². The van der Waals surface area contributed by atoms with E-state index in [0.29, 0.717) is 40.3 Å². The van der Waals surface area contributed by atoms with E-state index in [1.165, 1.54) is 9.25 Å². The molecule has 0 saturated heterocycles. The summed E-state index contributed by atoms with van der Waals surface area (Å²) < 4.78 is 3.07. The van der Waals surface area contributed by atoms with E-state index in [0.717, 1.165) is 0 Å². The van der Waals surface area contributed by atoms with Gasteiger partial charge in [0.05, 0.1) is 22.6 Å². The second-order valence-corrected chi connectivity index (χ2v) is 10.2. The topological polar surface area (TPSA) is 120 Å². The Bertz CT molecular complexity index is 1700. The molecule has 9 heteroatoms. The molecule has 1 amide bonds. The van der Waals surface area contributed by atoms with Crippen LogP contribution in [0.4, 0.5) is 11.6 Å². The van der Waals surface area contributed by atoms with E-state index in [-0.39, 0.29) is 22.4 Å². The van der Waals surface area contributed by atoms with Gasteiger partial charge in [-0.1, -0.05) is 36.1 Å². The predicted octanol–water partition coefficient (Wildman–Crippen LogP) is 3.95. The fraction of sp³-hybridized carbons (Fsp3) is 0.241. The fourth-order valence-corrected chi connectivity index (χ4v) is 4.32. The Kier molecular flexibility index (Phi) is 6.25. The number of nitrogen functional groups attached to an aromatic ring is 1. The van der Waals surface area contributed by atoms with Crippen LogP contribution in [0.3, 0.4) is 0 Å². The van der Waals surface area contributed by atoms with Gasteiger partial charge in [-0.2, -0.15) is 0 Å². The van der Waals surface area contributed by atoms with E-state index >= 15 is 0 Å². The average Bonchev–Trinajstić information content (AvgIpc) is 3.23. The summed E-state index contributed by atoms with van der Waals surface area (Å²) in [5.74, 6) is 6.98. The lowest BCUT2D eigenvalue weighted by Gasteiger charge is -2.20. The molecule has 0 fully saturated rings. The summed E-state index contributed by atoms with van der Waals surface area (Å²) in [6, 6.07) is 14.1. The third kappa shape index (κ3) is 4.64. The summed E-state index contributed by atoms with van der Waals surface area (Å²) in [7, 11) is 0. The number of nitrogens with two attached hydrogens (primary N) is 1. The molecule has 0 aliphatic carbocycles. The van der Waals surface area contributed by atoms with Gasteiger partial charge < -0.3 is 16.4 Å². The summed E-state index contributed by atoms with van der Waals surface area (Å²) in [4.78, 5) is 32.3. The van der Waals surface area contributed by atoms with Gasteiger partial charge in [0.1, 0.15) is 17.2 Å². The van der Waals surface area contributed by atoms with Crippen LogP contribution in [-0.4, -0.2) is 31.8 Å². The minimum Gasteiger partial charge on any atom is -0.381 e. The Balaban J connectivity index is 1.64. The zero-order valence-electron chi connectivity index (χ0n) is 21.7. The first-order valence-corrected chi connectivity index (χ1v) is 12.4. The summed E-state index contributed by atoms with van der Waals surface area (Å²) in [6.45, 7) is 8.40. The Morgan fingerprint density at radius 2 is 1.92 bits per heavy atom. The third-order valence-electron chi connectivity index (χ3n) is 6.04. The molecule has 2 aromatic heterocycles. The zero-order valence-corrected chi connectivity index (χ0v) is 21.7. The van der Waals surface area contributed by atoms with Crippen LogP contribution in [0.15, 0.2) is 59.4 Å². The van der Waals surface area contributed by atoms with Crippen molar-refractivity contribution in [3.8, 4) is 17.5 Å². The van der Waals surface area contributed by atoms with Crippen LogP contribution < -0.4 is 21.9 Å². The summed E-state index contributed by atoms with van der Waals surface area (Å²) >= 11 is 0. The molecule has 9 nitrogen and oxygen atoms in total. The SMILES string of the molecule is CC(NC(=O)c1c(N)nn2c1NCC=C2)c1nc2cccc(C#CC(C)(C)C)c2c(=O)n1-c1ccccc1. The molecule has 1 unspecified atom stereocenters. The van der Waals surface area contributed by atoms with Crippen molar-refractivity contribution in [1.82, 2.24) is 24.6 Å². The molecule has 1 atom stereocenters. The van der Waals surface area contributed by atoms with Gasteiger partial charge in [0, 0.05) is 23.7 Å². The minimum absolute atomic E-state index is 0.109. The van der Waals surface area contributed by atoms with Gasteiger partial charge in [0.15, 0.2) is 5.82 Å². The van der Waals surface area contributed by atoms with Crippen LogP contribution in [0.25, 0.3) is 22.8 Å². The fourth-order valence-electron chi connectivity index (χ4n) is 4.32. The lowest BCUT2D eigenvalue weighted by molar-refractivity contribution is 0.0939. The van der Waals surface area contributed by atoms with Gasteiger partial charge in [-0.15, -0.1) is 5.10 Å². The zero-order chi connectivity index (χ0) is 27.0. The largest absolute Gasteiger partial charge is 0.381 e. The number of aromatic nitrogens is 4. The van der Waals surface area contributed by atoms with Gasteiger partial charge in [-0.05, 0) is 58.0 Å². The van der Waals surface area contributed by atoms with Crippen LogP contribution in [0.1, 0.15) is 55.5 Å². The number of amides is 1. The second kappa shape index (κ2) is 9.56. The lowest BCUT2D eigenvalue weighted by Crippen LogP contribution is -2.34. The number of hydrogen-bond donors (Lipinski definition) is 3. The molecule has 0 radical (unpaired) electrons. The van der Waals surface area contributed by atoms with E-state index in [4.69, 9.17) is 10.7 Å². The number of benzene rings is 2. The number of para-hydroxylation sites is 1. The normalized spacial score (nSPS) is 13.3. The highest BCUT2D eigenvalue weighted by Crippen LogP contribution is 2.26. The Labute approximate surface area is 220 Å². The molecule has 5 rings (SSSR count). The standard InChI is InChI=1S/C29H29N7O2/c1-18(32-27(37)23-24(30)34-35-17-9-16-31-26(23)35)25-33-21-13-8-10-19(14-15-29(2,3)4)22(21)28(38)36(25)20-11-6-5-7-12-20/h5-13,17-18,31H,16H2,1-4H3,(H2,30,34)(H,32,37). The molecule has 192 valence electrons. The van der Waals surface area contributed by atoms with Crippen molar-refractivity contribution in [3.63, 3.8) is 0 Å². The van der Waals surface area contributed by atoms with Crippen molar-refractivity contribution in [2.24, 2.45) is 5.41 Å². The van der Waals surface area contributed by atoms with Crippen molar-refractivity contribution >= 4 is 34.6 Å². The highest BCUT2D eigenvalue weighted by Gasteiger charge is 2.26. The van der Waals surface area contributed by atoms with Crippen molar-refractivity contribution < 1.29 is 4.79 Å². The number of hydrogen-bond acceptors (Lipinski definition) is 6. The molecular weight excluding hydrogens is 478 g/mol. The van der Waals surface area contributed by atoms with Gasteiger partial charge in [-0.3, -0.25) is 14.2 Å². The Morgan fingerprint density at radius 3 is 2.66 bits per heavy atom. The maximum atomic E-state index is 14.1. The smallest absolute Gasteiger partial charge is 0.267 e. The molecule has 1 aliphatic rings. The van der Waals surface area contributed by atoms with Gasteiger partial charge in [0.25, 0.3) is 11.5 Å². The van der Waals surface area contributed by atoms with Crippen molar-refractivity contribution in [2.45, 2.75) is 33.7 Å². The van der Waals surface area contributed by atoms with E-state index in [2.05, 4.69) is 27.6 Å². The Morgan fingerprint density at radius 1 is 1.16 bits per heavy atom. The quantitative estimate of drug-likeness (QED) is 0.360. The third-order valence-corrected chi connectivity index (χ3v) is 6.04. The maximum absolute atomic E-state index is 14.1. The van der Waals surface area contributed by atoms with Crippen LogP contribution in [0.2, 0.25) is 0 Å². The minimum atomic E-state index is -0.641. The Hall–Kier alpha value is -4.84. The molecule has 38 heavy (non-hydrogen) atoms. The molecular formula is C29H29N7O2. The van der Waals surface area contributed by atoms with Crippen molar-refractivity contribution in [2.75, 3.05) is 17.6 Å². The molecule has 0 saturated carbocycles. The first kappa shape index (κ1) is 24.8. The molecule has 0 spiro atoms. The molecule has 0 bridgehead atoms. The summed E-state index contributed by atoms with van der Waals surface area (Å²) in [6.07, 6.45) is 3.63. The number of carbonyl (C=O) groups excluding carboxylic acids is 1. The van der Waals surface area contributed by atoms with E-state index in [1.807, 2.05) is 69.3 Å². The first-order chi connectivity index (χ1) is 18.1. The predicted molar refractivity (Wildman–Crippen MR) is 150 cm³/mol. The van der Waals surface area contributed by atoms with Gasteiger partial charge >= 0.3 is 0 Å². The number of carbonyl (C=O) groups is 1. The highest BCUT2D eigenvalue weighted by atomic mass is 16.2. The average molecular weight is 508 g/mol. The van der Waals surface area contributed by atoms with Crippen molar-refractivity contribution in [1.29, 1.82) is 0 Å². The number of anilines is 2. The molecule has 1 aliphatic heterocycles. The number of nitrogens with zero attached hydrogens (tertiary/aromatic N) is 4. The van der Waals surface area contributed by atoms with E-state index in [1.54, 1.807) is 19.2 Å². The van der Waals surface area contributed by atoms with Crippen LogP contribution >= 0.6 is 0 Å². The van der Waals surface area contributed by atoms with E-state index in [9.17, 15) is 9.59 Å². The van der Waals surface area contributed by atoms with Gasteiger partial charge in [0.2, 0.25) is 0 Å². The lowest BCUT2D eigenvalue weighted by atomic mass is 9.97.